The molecule has 3 rings (SSSR count). The Morgan fingerprint density at radius 2 is 1.76 bits per heavy atom. The molecule has 2 aromatic rings. The highest BCUT2D eigenvalue weighted by Gasteiger charge is 2.29. The summed E-state index contributed by atoms with van der Waals surface area (Å²) in [5.74, 6) is -0.630. The monoisotopic (exact) mass is 399 g/mol. The van der Waals surface area contributed by atoms with Crippen molar-refractivity contribution in [3.8, 4) is 11.5 Å². The number of carbonyl (C=O) groups is 3. The minimum absolute atomic E-state index is 0.00700. The van der Waals surface area contributed by atoms with E-state index in [0.29, 0.717) is 29.4 Å². The number of benzene rings is 2. The molecule has 29 heavy (non-hydrogen) atoms. The number of para-hydroxylation sites is 2. The van der Waals surface area contributed by atoms with Crippen LogP contribution in [0, 0.1) is 0 Å². The van der Waals surface area contributed by atoms with Gasteiger partial charge in [-0.3, -0.25) is 4.79 Å². The van der Waals surface area contributed by atoms with Crippen molar-refractivity contribution in [3.63, 3.8) is 0 Å². The van der Waals surface area contributed by atoms with E-state index in [1.807, 2.05) is 6.92 Å². The summed E-state index contributed by atoms with van der Waals surface area (Å²) in [4.78, 5) is 35.9. The maximum atomic E-state index is 12.1. The second-order valence-electron chi connectivity index (χ2n) is 6.23. The third kappa shape index (κ3) is 5.47. The van der Waals surface area contributed by atoms with Crippen LogP contribution < -0.4 is 14.8 Å². The van der Waals surface area contributed by atoms with Crippen molar-refractivity contribution in [2.75, 3.05) is 25.1 Å². The highest BCUT2D eigenvalue weighted by atomic mass is 16.6. The molecule has 0 spiro atoms. The molecule has 0 unspecified atom stereocenters. The number of hydrogen-bond acceptors (Lipinski definition) is 7. The minimum atomic E-state index is -0.939. The van der Waals surface area contributed by atoms with Crippen molar-refractivity contribution in [1.82, 2.24) is 0 Å². The first-order valence-corrected chi connectivity index (χ1v) is 9.19. The summed E-state index contributed by atoms with van der Waals surface area (Å²) in [6.07, 6.45) is -0.200. The molecule has 0 bridgehead atoms. The van der Waals surface area contributed by atoms with Crippen molar-refractivity contribution < 1.29 is 33.3 Å². The molecule has 1 aliphatic heterocycles. The van der Waals surface area contributed by atoms with Gasteiger partial charge in [-0.05, 0) is 42.8 Å². The first kappa shape index (κ1) is 20.2. The van der Waals surface area contributed by atoms with Gasteiger partial charge in [-0.1, -0.05) is 19.1 Å². The quantitative estimate of drug-likeness (QED) is 0.714. The van der Waals surface area contributed by atoms with Crippen molar-refractivity contribution in [2.45, 2.75) is 19.4 Å². The zero-order valence-electron chi connectivity index (χ0n) is 15.9. The van der Waals surface area contributed by atoms with Gasteiger partial charge in [-0.2, -0.15) is 0 Å². The van der Waals surface area contributed by atoms with Crippen LogP contribution in [0.4, 0.5) is 5.69 Å². The van der Waals surface area contributed by atoms with Gasteiger partial charge in [0, 0.05) is 5.69 Å². The summed E-state index contributed by atoms with van der Waals surface area (Å²) >= 11 is 0. The van der Waals surface area contributed by atoms with Gasteiger partial charge in [-0.15, -0.1) is 0 Å². The predicted octanol–water partition coefficient (Wildman–Crippen LogP) is 2.58. The summed E-state index contributed by atoms with van der Waals surface area (Å²) in [5, 5.41) is 2.58. The first-order valence-electron chi connectivity index (χ1n) is 9.19. The van der Waals surface area contributed by atoms with Crippen molar-refractivity contribution in [2.24, 2.45) is 0 Å². The van der Waals surface area contributed by atoms with Crippen LogP contribution in [0.25, 0.3) is 0 Å². The normalized spacial score (nSPS) is 14.6. The number of anilines is 1. The number of rotatable bonds is 7. The highest BCUT2D eigenvalue weighted by molar-refractivity contribution is 5.94. The van der Waals surface area contributed by atoms with Crippen LogP contribution in [0.5, 0.6) is 11.5 Å². The summed E-state index contributed by atoms with van der Waals surface area (Å²) in [7, 11) is 0. The Hall–Kier alpha value is -3.55. The summed E-state index contributed by atoms with van der Waals surface area (Å²) in [6, 6.07) is 13.2. The minimum Gasteiger partial charge on any atom is -0.485 e. The van der Waals surface area contributed by atoms with Crippen molar-refractivity contribution in [3.05, 3.63) is 54.1 Å². The zero-order valence-corrected chi connectivity index (χ0v) is 15.9. The summed E-state index contributed by atoms with van der Waals surface area (Å²) in [5.41, 5.74) is 0.849. The fraction of sp³-hybridized carbons (Fsp3) is 0.286. The summed E-state index contributed by atoms with van der Waals surface area (Å²) < 4.78 is 21.0. The van der Waals surface area contributed by atoms with Gasteiger partial charge in [0.1, 0.15) is 6.61 Å². The third-order valence-corrected chi connectivity index (χ3v) is 3.96. The van der Waals surface area contributed by atoms with Crippen molar-refractivity contribution >= 4 is 23.5 Å². The average Bonchev–Trinajstić information content (AvgIpc) is 2.76. The molecule has 8 nitrogen and oxygen atoms in total. The first-order chi connectivity index (χ1) is 14.1. The Labute approximate surface area is 167 Å². The van der Waals surface area contributed by atoms with Gasteiger partial charge < -0.3 is 24.3 Å². The van der Waals surface area contributed by atoms with Crippen LogP contribution in [0.2, 0.25) is 0 Å². The molecule has 1 heterocycles. The SMILES string of the molecule is CCCOC(=O)c1ccc(NC(=O)COC(=O)[C@H]2COc3ccccc3O2)cc1. The van der Waals surface area contributed by atoms with Crippen LogP contribution in [-0.4, -0.2) is 43.8 Å². The average molecular weight is 399 g/mol. The Balaban J connectivity index is 1.45. The number of hydrogen-bond donors (Lipinski definition) is 1. The molecular formula is C21H21NO7. The van der Waals surface area contributed by atoms with Crippen LogP contribution in [0.1, 0.15) is 23.7 Å². The number of amides is 1. The van der Waals surface area contributed by atoms with E-state index in [0.717, 1.165) is 6.42 Å². The lowest BCUT2D eigenvalue weighted by Gasteiger charge is -2.24. The Morgan fingerprint density at radius 3 is 2.48 bits per heavy atom. The predicted molar refractivity (Wildman–Crippen MR) is 103 cm³/mol. The van der Waals surface area contributed by atoms with E-state index in [9.17, 15) is 14.4 Å². The maximum Gasteiger partial charge on any atom is 0.351 e. The number of esters is 2. The van der Waals surface area contributed by atoms with E-state index < -0.39 is 30.6 Å². The summed E-state index contributed by atoms with van der Waals surface area (Å²) in [6.45, 7) is 1.79. The second-order valence-corrected chi connectivity index (χ2v) is 6.23. The maximum absolute atomic E-state index is 12.1. The zero-order chi connectivity index (χ0) is 20.6. The van der Waals surface area contributed by atoms with Gasteiger partial charge in [0.05, 0.1) is 12.2 Å². The van der Waals surface area contributed by atoms with E-state index >= 15 is 0 Å². The number of carbonyl (C=O) groups excluding carboxylic acids is 3. The lowest BCUT2D eigenvalue weighted by atomic mass is 10.2. The Morgan fingerprint density at radius 1 is 1.03 bits per heavy atom. The van der Waals surface area contributed by atoms with Gasteiger partial charge in [0.2, 0.25) is 6.10 Å². The molecule has 0 saturated carbocycles. The standard InChI is InChI=1S/C21H21NO7/c1-2-11-26-20(24)14-7-9-15(10-8-14)22-19(23)13-28-21(25)18-12-27-16-5-3-4-6-17(16)29-18/h3-10,18H,2,11-13H2,1H3,(H,22,23)/t18-/m1/s1. The van der Waals surface area contributed by atoms with E-state index in [-0.39, 0.29) is 6.61 Å². The lowest BCUT2D eigenvalue weighted by Crippen LogP contribution is -2.39. The Kier molecular flexibility index (Phi) is 6.67. The molecule has 2 aromatic carbocycles. The van der Waals surface area contributed by atoms with Gasteiger partial charge in [-0.25, -0.2) is 9.59 Å². The second kappa shape index (κ2) is 9.59. The van der Waals surface area contributed by atoms with E-state index in [1.165, 1.54) is 0 Å². The Bertz CT molecular complexity index is 879. The molecule has 152 valence electrons. The van der Waals surface area contributed by atoms with Gasteiger partial charge in [0.25, 0.3) is 5.91 Å². The molecule has 1 aliphatic rings. The van der Waals surface area contributed by atoms with Crippen LogP contribution in [0.15, 0.2) is 48.5 Å². The molecule has 1 amide bonds. The van der Waals surface area contributed by atoms with Crippen LogP contribution in [-0.2, 0) is 19.1 Å². The molecule has 8 heteroatoms. The highest BCUT2D eigenvalue weighted by Crippen LogP contribution is 2.31. The molecule has 0 radical (unpaired) electrons. The largest absolute Gasteiger partial charge is 0.485 e. The third-order valence-electron chi connectivity index (χ3n) is 3.96. The molecule has 0 fully saturated rings. The molecule has 0 saturated heterocycles. The van der Waals surface area contributed by atoms with E-state index in [2.05, 4.69) is 5.32 Å². The lowest BCUT2D eigenvalue weighted by molar-refractivity contribution is -0.156. The number of fused-ring (bicyclic) bond motifs is 1. The fourth-order valence-corrected chi connectivity index (χ4v) is 2.53. The molecule has 0 aliphatic carbocycles. The van der Waals surface area contributed by atoms with Gasteiger partial charge >= 0.3 is 11.9 Å². The molecule has 0 aromatic heterocycles. The topological polar surface area (TPSA) is 100 Å². The van der Waals surface area contributed by atoms with Crippen LogP contribution in [0.3, 0.4) is 0 Å². The molecular weight excluding hydrogens is 378 g/mol. The molecule has 1 atom stereocenters. The fourth-order valence-electron chi connectivity index (χ4n) is 2.53. The van der Waals surface area contributed by atoms with E-state index in [4.69, 9.17) is 18.9 Å². The number of nitrogens with one attached hydrogen (secondary N) is 1. The molecule has 1 N–H and O–H groups in total. The smallest absolute Gasteiger partial charge is 0.351 e. The van der Waals surface area contributed by atoms with Gasteiger partial charge in [0.15, 0.2) is 18.1 Å². The van der Waals surface area contributed by atoms with E-state index in [1.54, 1.807) is 48.5 Å². The van der Waals surface area contributed by atoms with Crippen molar-refractivity contribution in [1.29, 1.82) is 0 Å². The number of ether oxygens (including phenoxy) is 4. The van der Waals surface area contributed by atoms with Crippen LogP contribution >= 0.6 is 0 Å².